The molecule has 0 amide bonds. The van der Waals surface area contributed by atoms with Crippen LogP contribution in [0.1, 0.15) is 53.5 Å². The molecule has 2 aliphatic rings. The Balaban J connectivity index is 1.61. The predicted molar refractivity (Wildman–Crippen MR) is 103 cm³/mol. The second kappa shape index (κ2) is 7.15. The monoisotopic (exact) mass is 372 g/mol. The van der Waals surface area contributed by atoms with E-state index in [1.165, 1.54) is 40.8 Å². The Morgan fingerprint density at radius 3 is 2.23 bits per heavy atom. The molecule has 26 heavy (non-hydrogen) atoms. The van der Waals surface area contributed by atoms with Crippen molar-refractivity contribution in [3.63, 3.8) is 0 Å². The molecule has 4 rings (SSSR count). The fraction of sp³-hybridized carbons (Fsp3) is 0.391. The van der Waals surface area contributed by atoms with Crippen LogP contribution in [0.3, 0.4) is 0 Å². The van der Waals surface area contributed by atoms with E-state index in [-0.39, 0.29) is 5.92 Å². The molecular weight excluding hydrogens is 350 g/mol. The smallest absolute Gasteiger partial charge is 0.145 e. The highest BCUT2D eigenvalue weighted by molar-refractivity contribution is 6.30. The minimum atomic E-state index is -0.659. The average Bonchev–Trinajstić information content (AvgIpc) is 2.65. The summed E-state index contributed by atoms with van der Waals surface area (Å²) in [6, 6.07) is 7.32. The van der Waals surface area contributed by atoms with Gasteiger partial charge in [0.15, 0.2) is 0 Å². The standard InChI is InChI=1S/C23H23ClF2/c1-2-3-14-4-8-19-16(10-14)5-6-17-11-15(7-9-20(17)19)18-12-21(25)23(24)22(26)13-18/h2-3,5-6,12-15H,4,7-11H2,1H3/b3-2+. The lowest BCUT2D eigenvalue weighted by Gasteiger charge is -2.31. The summed E-state index contributed by atoms with van der Waals surface area (Å²) in [4.78, 5) is 0. The van der Waals surface area contributed by atoms with E-state index in [1.807, 2.05) is 0 Å². The third-order valence-corrected chi connectivity index (χ3v) is 6.38. The molecule has 2 unspecified atom stereocenters. The number of fused-ring (bicyclic) bond motifs is 3. The molecule has 0 heterocycles. The Kier molecular flexibility index (Phi) is 4.88. The summed E-state index contributed by atoms with van der Waals surface area (Å²) in [5.41, 5.74) is 6.59. The van der Waals surface area contributed by atoms with Crippen molar-refractivity contribution in [3.05, 3.63) is 80.9 Å². The lowest BCUT2D eigenvalue weighted by Crippen LogP contribution is -2.20. The largest absolute Gasteiger partial charge is 0.205 e. The van der Waals surface area contributed by atoms with Crippen molar-refractivity contribution < 1.29 is 8.78 Å². The highest BCUT2D eigenvalue weighted by atomic mass is 35.5. The zero-order chi connectivity index (χ0) is 18.3. The molecule has 0 spiro atoms. The van der Waals surface area contributed by atoms with Gasteiger partial charge in [-0.25, -0.2) is 8.78 Å². The molecule has 2 aliphatic carbocycles. The molecule has 3 heteroatoms. The van der Waals surface area contributed by atoms with Crippen molar-refractivity contribution in [2.45, 2.75) is 51.4 Å². The molecule has 0 aromatic heterocycles. The molecule has 2 atom stereocenters. The third kappa shape index (κ3) is 3.20. The van der Waals surface area contributed by atoms with Gasteiger partial charge in [0.1, 0.15) is 16.7 Å². The lowest BCUT2D eigenvalue weighted by molar-refractivity contribution is 0.528. The van der Waals surface area contributed by atoms with Crippen LogP contribution >= 0.6 is 11.6 Å². The quantitative estimate of drug-likeness (QED) is 0.413. The first-order valence-corrected chi connectivity index (χ1v) is 9.84. The molecular formula is C23H23ClF2. The first-order chi connectivity index (χ1) is 12.6. The van der Waals surface area contributed by atoms with Gasteiger partial charge in [-0.15, -0.1) is 0 Å². The van der Waals surface area contributed by atoms with Gasteiger partial charge >= 0.3 is 0 Å². The van der Waals surface area contributed by atoms with Crippen molar-refractivity contribution in [2.75, 3.05) is 0 Å². The second-order valence-electron chi connectivity index (χ2n) is 7.61. The van der Waals surface area contributed by atoms with E-state index >= 15 is 0 Å². The van der Waals surface area contributed by atoms with E-state index in [0.29, 0.717) is 5.92 Å². The van der Waals surface area contributed by atoms with E-state index in [1.54, 1.807) is 0 Å². The van der Waals surface area contributed by atoms with E-state index in [2.05, 4.69) is 31.2 Å². The normalized spacial score (nSPS) is 22.3. The van der Waals surface area contributed by atoms with Crippen LogP contribution in [-0.2, 0) is 25.7 Å². The number of hydrogen-bond donors (Lipinski definition) is 0. The Bertz CT molecular complexity index is 846. The van der Waals surface area contributed by atoms with Gasteiger partial charge in [-0.1, -0.05) is 35.9 Å². The Labute approximate surface area is 158 Å². The van der Waals surface area contributed by atoms with E-state index in [9.17, 15) is 8.78 Å². The van der Waals surface area contributed by atoms with Crippen molar-refractivity contribution >= 4 is 11.6 Å². The van der Waals surface area contributed by atoms with Crippen LogP contribution in [0, 0.1) is 17.6 Å². The van der Waals surface area contributed by atoms with Crippen molar-refractivity contribution in [1.82, 2.24) is 0 Å². The summed E-state index contributed by atoms with van der Waals surface area (Å²) in [6.07, 6.45) is 10.7. The van der Waals surface area contributed by atoms with Crippen LogP contribution in [-0.4, -0.2) is 0 Å². The summed E-state index contributed by atoms with van der Waals surface area (Å²) in [5, 5.41) is -0.408. The molecule has 0 nitrogen and oxygen atoms in total. The predicted octanol–water partition coefficient (Wildman–Crippen LogP) is 6.57. The Morgan fingerprint density at radius 1 is 0.962 bits per heavy atom. The topological polar surface area (TPSA) is 0 Å². The van der Waals surface area contributed by atoms with E-state index in [4.69, 9.17) is 11.6 Å². The first-order valence-electron chi connectivity index (χ1n) is 9.46. The Morgan fingerprint density at radius 2 is 1.58 bits per heavy atom. The highest BCUT2D eigenvalue weighted by Gasteiger charge is 2.27. The van der Waals surface area contributed by atoms with Gasteiger partial charge < -0.3 is 0 Å². The number of halogens is 3. The van der Waals surface area contributed by atoms with E-state index < -0.39 is 16.7 Å². The molecule has 2 aromatic rings. The molecule has 0 fully saturated rings. The molecule has 2 aromatic carbocycles. The molecule has 0 aliphatic heterocycles. The number of rotatable bonds is 2. The van der Waals surface area contributed by atoms with Gasteiger partial charge in [0.2, 0.25) is 0 Å². The highest BCUT2D eigenvalue weighted by Crippen LogP contribution is 2.39. The van der Waals surface area contributed by atoms with Gasteiger partial charge in [-0.2, -0.15) is 0 Å². The lowest BCUT2D eigenvalue weighted by atomic mass is 9.74. The molecule has 136 valence electrons. The number of hydrogen-bond acceptors (Lipinski definition) is 0. The van der Waals surface area contributed by atoms with Crippen molar-refractivity contribution in [1.29, 1.82) is 0 Å². The van der Waals surface area contributed by atoms with Gasteiger partial charge in [-0.05, 0) is 97.2 Å². The molecule has 0 bridgehead atoms. The third-order valence-electron chi connectivity index (χ3n) is 6.02. The summed E-state index contributed by atoms with van der Waals surface area (Å²) < 4.78 is 27.7. The zero-order valence-electron chi connectivity index (χ0n) is 15.0. The van der Waals surface area contributed by atoms with E-state index in [0.717, 1.165) is 37.7 Å². The SMILES string of the molecule is C/C=C/C1CCc2c(ccc3c2CCC(c2cc(F)c(Cl)c(F)c2)C3)C1. The van der Waals surface area contributed by atoms with Gasteiger partial charge in [0.25, 0.3) is 0 Å². The van der Waals surface area contributed by atoms with Crippen molar-refractivity contribution in [2.24, 2.45) is 5.92 Å². The molecule has 0 saturated carbocycles. The number of allylic oxidation sites excluding steroid dienone is 2. The van der Waals surface area contributed by atoms with Crippen LogP contribution in [0.2, 0.25) is 5.02 Å². The van der Waals surface area contributed by atoms with Gasteiger partial charge in [0, 0.05) is 0 Å². The fourth-order valence-electron chi connectivity index (χ4n) is 4.73. The van der Waals surface area contributed by atoms with Crippen LogP contribution < -0.4 is 0 Å². The van der Waals surface area contributed by atoms with Crippen LogP contribution in [0.4, 0.5) is 8.78 Å². The molecule has 0 radical (unpaired) electrons. The molecule has 0 saturated heterocycles. The fourth-order valence-corrected chi connectivity index (χ4v) is 4.84. The first kappa shape index (κ1) is 17.7. The minimum absolute atomic E-state index is 0.154. The molecule has 0 N–H and O–H groups in total. The Hall–Kier alpha value is -1.67. The average molecular weight is 373 g/mol. The summed E-state index contributed by atoms with van der Waals surface area (Å²) >= 11 is 5.63. The van der Waals surface area contributed by atoms with Gasteiger partial charge in [0.05, 0.1) is 0 Å². The van der Waals surface area contributed by atoms with Crippen LogP contribution in [0.15, 0.2) is 36.4 Å². The zero-order valence-corrected chi connectivity index (χ0v) is 15.8. The minimum Gasteiger partial charge on any atom is -0.205 e. The van der Waals surface area contributed by atoms with Gasteiger partial charge in [-0.3, -0.25) is 0 Å². The maximum atomic E-state index is 13.8. The van der Waals surface area contributed by atoms with Crippen molar-refractivity contribution in [3.8, 4) is 0 Å². The van der Waals surface area contributed by atoms with Crippen LogP contribution in [0.25, 0.3) is 0 Å². The maximum Gasteiger partial charge on any atom is 0.145 e. The second-order valence-corrected chi connectivity index (χ2v) is 7.99. The number of benzene rings is 2. The summed E-state index contributed by atoms with van der Waals surface area (Å²) in [6.45, 7) is 2.09. The van der Waals surface area contributed by atoms with Crippen LogP contribution in [0.5, 0.6) is 0 Å². The maximum absolute atomic E-state index is 13.8. The summed E-state index contributed by atoms with van der Waals surface area (Å²) in [7, 11) is 0. The summed E-state index contributed by atoms with van der Waals surface area (Å²) in [5.74, 6) is -0.510.